The van der Waals surface area contributed by atoms with E-state index in [9.17, 15) is 15.3 Å². The molecule has 0 unspecified atom stereocenters. The van der Waals surface area contributed by atoms with Gasteiger partial charge in [0.2, 0.25) is 5.54 Å². The predicted octanol–water partition coefficient (Wildman–Crippen LogP) is 5.48. The molecule has 0 atom stereocenters. The van der Waals surface area contributed by atoms with Gasteiger partial charge in [0.15, 0.2) is 0 Å². The zero-order valence-electron chi connectivity index (χ0n) is 16.2. The maximum atomic E-state index is 12.5. The molecule has 0 amide bonds. The van der Waals surface area contributed by atoms with Crippen molar-refractivity contribution in [2.45, 2.75) is 52.6 Å². The van der Waals surface area contributed by atoms with Gasteiger partial charge in [-0.3, -0.25) is 0 Å². The molecule has 0 aromatic heterocycles. The fourth-order valence-electron chi connectivity index (χ4n) is 2.37. The second-order valence-electron chi connectivity index (χ2n) is 8.26. The van der Waals surface area contributed by atoms with E-state index in [0.717, 1.165) is 14.9 Å². The number of hydrogen-bond donors (Lipinski definition) is 0. The van der Waals surface area contributed by atoms with E-state index in [2.05, 4.69) is 0 Å². The van der Waals surface area contributed by atoms with Gasteiger partial charge in [-0.05, 0) is 57.2 Å². The summed E-state index contributed by atoms with van der Waals surface area (Å²) >= 11 is 0. The molecule has 2 aromatic carbocycles. The Labute approximate surface area is 154 Å². The molecule has 0 bridgehead atoms. The summed E-state index contributed by atoms with van der Waals surface area (Å²) in [7, 11) is 0. The second kappa shape index (κ2) is 7.05. The Kier molecular flexibility index (Phi) is 5.39. The van der Waals surface area contributed by atoms with Crippen LogP contribution in [0, 0.1) is 10.1 Å². The van der Waals surface area contributed by atoms with Crippen LogP contribution in [0.2, 0.25) is 0 Å². The summed E-state index contributed by atoms with van der Waals surface area (Å²) in [5, 5.41) is 26.4. The molecule has 0 aliphatic heterocycles. The Morgan fingerprint density at radius 2 is 1.15 bits per heavy atom. The third-order valence-electron chi connectivity index (χ3n) is 3.86. The number of hydrogen-bond acceptors (Lipinski definition) is 4. The minimum absolute atomic E-state index is 0.415. The highest BCUT2D eigenvalue weighted by Crippen LogP contribution is 2.30. The first-order valence-electron chi connectivity index (χ1n) is 8.53. The van der Waals surface area contributed by atoms with E-state index < -0.39 is 11.1 Å². The molecule has 1 radical (unpaired) electrons. The van der Waals surface area contributed by atoms with E-state index in [0.29, 0.717) is 22.7 Å². The second-order valence-corrected chi connectivity index (χ2v) is 8.26. The third kappa shape index (κ3) is 4.39. The van der Waals surface area contributed by atoms with Gasteiger partial charge in [-0.15, -0.1) is 0 Å². The van der Waals surface area contributed by atoms with Gasteiger partial charge < -0.3 is 10.3 Å². The van der Waals surface area contributed by atoms with Crippen molar-refractivity contribution >= 4 is 22.7 Å². The van der Waals surface area contributed by atoms with Gasteiger partial charge in [-0.1, -0.05) is 5.21 Å². The van der Waals surface area contributed by atoms with Crippen LogP contribution < -0.4 is 10.1 Å². The summed E-state index contributed by atoms with van der Waals surface area (Å²) in [5.41, 5.74) is 0.726. The monoisotopic (exact) mass is 356 g/mol. The van der Waals surface area contributed by atoms with E-state index >= 15 is 0 Å². The Balaban J connectivity index is 2.19. The van der Waals surface area contributed by atoms with Gasteiger partial charge >= 0.3 is 0 Å². The average Bonchev–Trinajstić information content (AvgIpc) is 2.58. The fraction of sp³-hybridized carbons (Fsp3) is 0.400. The lowest BCUT2D eigenvalue weighted by molar-refractivity contribution is -0.540. The van der Waals surface area contributed by atoms with Crippen LogP contribution in [0.4, 0.5) is 22.7 Å². The summed E-state index contributed by atoms with van der Waals surface area (Å²) < 4.78 is 0.913. The molecule has 0 fully saturated rings. The summed E-state index contributed by atoms with van der Waals surface area (Å²) in [5.74, 6) is 0. The summed E-state index contributed by atoms with van der Waals surface area (Å²) in [6.07, 6.45) is 0. The van der Waals surface area contributed by atoms with E-state index in [1.165, 1.54) is 0 Å². The number of rotatable bonds is 4. The zero-order valence-corrected chi connectivity index (χ0v) is 16.2. The number of nitroso groups, excluding NO2 is 1. The van der Waals surface area contributed by atoms with Crippen LogP contribution in [0.1, 0.15) is 41.5 Å². The highest BCUT2D eigenvalue weighted by Gasteiger charge is 2.31. The minimum atomic E-state index is -0.550. The largest absolute Gasteiger partial charge is 0.754 e. The van der Waals surface area contributed by atoms with E-state index in [1.807, 2.05) is 41.5 Å². The molecule has 2 aromatic rings. The number of anilines is 3. The smallest absolute Gasteiger partial charge is 0.256 e. The van der Waals surface area contributed by atoms with Crippen molar-refractivity contribution < 1.29 is 9.97 Å². The molecular weight excluding hydrogens is 330 g/mol. The van der Waals surface area contributed by atoms with Crippen LogP contribution in [0.15, 0.2) is 48.5 Å². The molecule has 0 saturated heterocycles. The maximum Gasteiger partial charge on any atom is 0.256 e. The first kappa shape index (κ1) is 19.9. The topological polar surface area (TPSA) is 69.5 Å². The van der Waals surface area contributed by atoms with Crippen molar-refractivity contribution in [1.82, 2.24) is 0 Å². The third-order valence-corrected chi connectivity index (χ3v) is 3.86. The SMILES string of the molecule is CC(C)(C)N([O])c1ccc(N([O-])c2ccc([N+](=O)C(C)(C)C)cc2)cc1. The number of nitrogens with zero attached hydrogens (tertiary/aromatic N) is 3. The molecule has 6 heteroatoms. The van der Waals surface area contributed by atoms with Gasteiger partial charge in [0.1, 0.15) is 0 Å². The molecule has 0 N–H and O–H groups in total. The van der Waals surface area contributed by atoms with Crippen molar-refractivity contribution in [2.24, 2.45) is 0 Å². The molecule has 0 heterocycles. The Morgan fingerprint density at radius 1 is 0.769 bits per heavy atom. The number of hydroxylamine groups is 1. The van der Waals surface area contributed by atoms with Crippen LogP contribution in [-0.2, 0) is 5.21 Å². The van der Waals surface area contributed by atoms with Crippen molar-refractivity contribution in [3.05, 3.63) is 58.6 Å². The average molecular weight is 356 g/mol. The van der Waals surface area contributed by atoms with Gasteiger partial charge in [0.25, 0.3) is 5.69 Å². The molecule has 0 aliphatic rings. The van der Waals surface area contributed by atoms with Crippen LogP contribution in [0.25, 0.3) is 0 Å². The molecule has 0 aliphatic carbocycles. The normalized spacial score (nSPS) is 12.0. The fourth-order valence-corrected chi connectivity index (χ4v) is 2.37. The summed E-state index contributed by atoms with van der Waals surface area (Å²) in [6, 6.07) is 13.0. The quantitative estimate of drug-likeness (QED) is 0.537. The highest BCUT2D eigenvalue weighted by molar-refractivity contribution is 5.67. The van der Waals surface area contributed by atoms with E-state index in [1.54, 1.807) is 48.5 Å². The molecule has 26 heavy (non-hydrogen) atoms. The standard InChI is InChI=1S/C20H26N3O3/c1-19(2,3)22(25)17-11-7-15(8-12-17)21(24)16-9-13-18(14-10-16)23(26)20(4,5)6/h7-14H,1-6H3. The first-order chi connectivity index (χ1) is 11.9. The molecule has 139 valence electrons. The Bertz CT molecular complexity index is 757. The number of benzene rings is 2. The van der Waals surface area contributed by atoms with Crippen LogP contribution in [0.5, 0.6) is 0 Å². The van der Waals surface area contributed by atoms with E-state index in [4.69, 9.17) is 0 Å². The van der Waals surface area contributed by atoms with Gasteiger partial charge in [0.05, 0.1) is 11.2 Å². The molecule has 0 spiro atoms. The molecule has 2 rings (SSSR count). The van der Waals surface area contributed by atoms with Gasteiger partial charge in [0, 0.05) is 53.9 Å². The van der Waals surface area contributed by atoms with Crippen molar-refractivity contribution in [3.8, 4) is 0 Å². The Morgan fingerprint density at radius 3 is 1.54 bits per heavy atom. The van der Waals surface area contributed by atoms with Crippen LogP contribution >= 0.6 is 0 Å². The highest BCUT2D eigenvalue weighted by atomic mass is 16.5. The molecule has 0 saturated carbocycles. The van der Waals surface area contributed by atoms with Crippen molar-refractivity contribution in [3.63, 3.8) is 0 Å². The van der Waals surface area contributed by atoms with Crippen LogP contribution in [0.3, 0.4) is 0 Å². The predicted molar refractivity (Wildman–Crippen MR) is 104 cm³/mol. The minimum Gasteiger partial charge on any atom is -0.754 e. The Hall–Kier alpha value is -2.44. The lowest BCUT2D eigenvalue weighted by Gasteiger charge is -2.32. The van der Waals surface area contributed by atoms with Gasteiger partial charge in [-0.25, -0.2) is 5.06 Å². The summed E-state index contributed by atoms with van der Waals surface area (Å²) in [6.45, 7) is 11.0. The lowest BCUT2D eigenvalue weighted by atomic mass is 10.1. The van der Waals surface area contributed by atoms with E-state index in [-0.39, 0.29) is 0 Å². The van der Waals surface area contributed by atoms with Gasteiger partial charge in [-0.2, -0.15) is 0 Å². The van der Waals surface area contributed by atoms with Crippen molar-refractivity contribution in [2.75, 3.05) is 10.1 Å². The lowest BCUT2D eigenvalue weighted by Crippen LogP contribution is -2.37. The first-order valence-corrected chi connectivity index (χ1v) is 8.53. The van der Waals surface area contributed by atoms with Crippen LogP contribution in [-0.4, -0.2) is 15.8 Å². The zero-order chi connectivity index (χ0) is 19.7. The summed E-state index contributed by atoms with van der Waals surface area (Å²) in [4.78, 5) is 12.2. The molecular formula is C20H26N3O3. The van der Waals surface area contributed by atoms with Crippen molar-refractivity contribution in [1.29, 1.82) is 0 Å². The molecule has 6 nitrogen and oxygen atoms in total. The maximum absolute atomic E-state index is 12.5.